The summed E-state index contributed by atoms with van der Waals surface area (Å²) in [5.74, 6) is -1.05. The van der Waals surface area contributed by atoms with Crippen LogP contribution in [0.5, 0.6) is 0 Å². The molecule has 0 aromatic heterocycles. The lowest BCUT2D eigenvalue weighted by molar-refractivity contribution is -0.0467. The second-order valence-corrected chi connectivity index (χ2v) is 11.1. The van der Waals surface area contributed by atoms with Gasteiger partial charge in [-0.15, -0.1) is 0 Å². The van der Waals surface area contributed by atoms with E-state index in [1.165, 1.54) is 0 Å². The molecule has 3 atom stereocenters. The van der Waals surface area contributed by atoms with E-state index in [4.69, 9.17) is 10.5 Å². The highest BCUT2D eigenvalue weighted by atomic mass is 32.2. The van der Waals surface area contributed by atoms with Crippen molar-refractivity contribution in [3.8, 4) is 0 Å². The van der Waals surface area contributed by atoms with Gasteiger partial charge in [-0.05, 0) is 56.9 Å². The third kappa shape index (κ3) is 3.88. The number of hydrogen-bond acceptors (Lipinski definition) is 5. The molecule has 3 heterocycles. The van der Waals surface area contributed by atoms with Crippen LogP contribution < -0.4 is 5.73 Å². The summed E-state index contributed by atoms with van der Waals surface area (Å²) >= 11 is 0. The topological polar surface area (TPSA) is 75.9 Å². The molecule has 0 saturated carbocycles. The highest BCUT2D eigenvalue weighted by Gasteiger charge is 2.41. The van der Waals surface area contributed by atoms with Gasteiger partial charge in [0, 0.05) is 43.0 Å². The molecule has 0 aliphatic carbocycles. The summed E-state index contributed by atoms with van der Waals surface area (Å²) in [6, 6.07) is 2.84. The SMILES string of the molecule is CC(C)S(=O)(=O)N1CCCC2=C1CN([C@H]1CO[C@H](c3cc(F)ccc3F)[C@@H](N)C1)C2. The molecular weight excluding hydrogens is 412 g/mol. The van der Waals surface area contributed by atoms with Gasteiger partial charge in [-0.1, -0.05) is 0 Å². The molecule has 1 aromatic carbocycles. The molecule has 1 saturated heterocycles. The van der Waals surface area contributed by atoms with Crippen molar-refractivity contribution in [2.45, 2.75) is 56.5 Å². The molecule has 0 amide bonds. The molecule has 2 N–H and O–H groups in total. The van der Waals surface area contributed by atoms with Crippen molar-refractivity contribution >= 4 is 10.0 Å². The molecule has 1 fully saturated rings. The third-order valence-electron chi connectivity index (χ3n) is 6.38. The van der Waals surface area contributed by atoms with Gasteiger partial charge in [-0.2, -0.15) is 0 Å². The molecule has 0 radical (unpaired) electrons. The van der Waals surface area contributed by atoms with Gasteiger partial charge in [0.1, 0.15) is 17.7 Å². The Labute approximate surface area is 176 Å². The predicted octanol–water partition coefficient (Wildman–Crippen LogP) is 2.53. The van der Waals surface area contributed by atoms with Crippen molar-refractivity contribution in [3.63, 3.8) is 0 Å². The van der Waals surface area contributed by atoms with Crippen molar-refractivity contribution < 1.29 is 21.9 Å². The molecular formula is C21H29F2N3O3S. The lowest BCUT2D eigenvalue weighted by atomic mass is 9.93. The minimum absolute atomic E-state index is 0.00192. The number of halogens is 2. The summed E-state index contributed by atoms with van der Waals surface area (Å²) in [4.78, 5) is 2.21. The van der Waals surface area contributed by atoms with Crippen LogP contribution in [-0.4, -0.2) is 61.2 Å². The summed E-state index contributed by atoms with van der Waals surface area (Å²) in [6.07, 6.45) is 1.59. The van der Waals surface area contributed by atoms with Gasteiger partial charge in [0.05, 0.1) is 11.9 Å². The van der Waals surface area contributed by atoms with Crippen molar-refractivity contribution in [1.82, 2.24) is 9.21 Å². The van der Waals surface area contributed by atoms with Crippen molar-refractivity contribution in [1.29, 1.82) is 0 Å². The minimum atomic E-state index is -3.36. The number of hydrogen-bond donors (Lipinski definition) is 1. The first-order valence-electron chi connectivity index (χ1n) is 10.5. The van der Waals surface area contributed by atoms with Gasteiger partial charge >= 0.3 is 0 Å². The summed E-state index contributed by atoms with van der Waals surface area (Å²) in [5.41, 5.74) is 8.51. The molecule has 4 rings (SSSR count). The Hall–Kier alpha value is -1.55. The fraction of sp³-hybridized carbons (Fsp3) is 0.619. The zero-order chi connectivity index (χ0) is 21.6. The van der Waals surface area contributed by atoms with Crippen LogP contribution in [-0.2, 0) is 14.8 Å². The van der Waals surface area contributed by atoms with E-state index in [1.807, 2.05) is 0 Å². The molecule has 30 heavy (non-hydrogen) atoms. The van der Waals surface area contributed by atoms with Gasteiger partial charge in [-0.25, -0.2) is 17.2 Å². The molecule has 0 spiro atoms. The average molecular weight is 442 g/mol. The summed E-state index contributed by atoms with van der Waals surface area (Å²) in [6.45, 7) is 5.51. The van der Waals surface area contributed by atoms with Gasteiger partial charge in [-0.3, -0.25) is 9.21 Å². The minimum Gasteiger partial charge on any atom is -0.370 e. The number of nitrogens with two attached hydrogens (primary N) is 1. The number of sulfonamides is 1. The van der Waals surface area contributed by atoms with E-state index in [9.17, 15) is 17.2 Å². The second-order valence-electron chi connectivity index (χ2n) is 8.70. The smallest absolute Gasteiger partial charge is 0.237 e. The highest BCUT2D eigenvalue weighted by Crippen LogP contribution is 2.36. The van der Waals surface area contributed by atoms with Crippen molar-refractivity contribution in [3.05, 3.63) is 46.7 Å². The van der Waals surface area contributed by atoms with Crippen LogP contribution >= 0.6 is 0 Å². The van der Waals surface area contributed by atoms with Gasteiger partial charge < -0.3 is 10.5 Å². The van der Waals surface area contributed by atoms with E-state index in [0.29, 0.717) is 32.7 Å². The Bertz CT molecular complexity index is 951. The van der Waals surface area contributed by atoms with Crippen LogP contribution in [0.4, 0.5) is 8.78 Å². The molecule has 166 valence electrons. The molecule has 6 nitrogen and oxygen atoms in total. The number of nitrogens with zero attached hydrogens (tertiary/aromatic N) is 2. The van der Waals surface area contributed by atoms with Crippen LogP contribution in [0.15, 0.2) is 29.5 Å². The van der Waals surface area contributed by atoms with Crippen LogP contribution in [0.2, 0.25) is 0 Å². The van der Waals surface area contributed by atoms with E-state index >= 15 is 0 Å². The summed E-state index contributed by atoms with van der Waals surface area (Å²) in [7, 11) is -3.36. The zero-order valence-corrected chi connectivity index (χ0v) is 18.2. The molecule has 3 aliphatic heterocycles. The maximum absolute atomic E-state index is 14.2. The van der Waals surface area contributed by atoms with Crippen molar-refractivity contribution in [2.75, 3.05) is 26.2 Å². The monoisotopic (exact) mass is 441 g/mol. The second kappa shape index (κ2) is 8.18. The first-order chi connectivity index (χ1) is 14.2. The predicted molar refractivity (Wildman–Crippen MR) is 110 cm³/mol. The van der Waals surface area contributed by atoms with Gasteiger partial charge in [0.25, 0.3) is 0 Å². The first kappa shape index (κ1) is 21.7. The number of ether oxygens (including phenoxy) is 1. The van der Waals surface area contributed by atoms with Crippen LogP contribution in [0, 0.1) is 11.6 Å². The van der Waals surface area contributed by atoms with E-state index in [1.54, 1.807) is 18.2 Å². The number of rotatable bonds is 4. The quantitative estimate of drug-likeness (QED) is 0.777. The Morgan fingerprint density at radius 2 is 2.00 bits per heavy atom. The molecule has 0 bridgehead atoms. The van der Waals surface area contributed by atoms with E-state index < -0.39 is 39.1 Å². The zero-order valence-electron chi connectivity index (χ0n) is 17.4. The Morgan fingerprint density at radius 1 is 1.23 bits per heavy atom. The van der Waals surface area contributed by atoms with Gasteiger partial charge in [0.15, 0.2) is 0 Å². The van der Waals surface area contributed by atoms with Crippen molar-refractivity contribution in [2.24, 2.45) is 5.73 Å². The van der Waals surface area contributed by atoms with Gasteiger partial charge in [0.2, 0.25) is 10.0 Å². The molecule has 0 unspecified atom stereocenters. The lowest BCUT2D eigenvalue weighted by Crippen LogP contribution is -2.49. The van der Waals surface area contributed by atoms with E-state index in [0.717, 1.165) is 42.3 Å². The van der Waals surface area contributed by atoms with E-state index in [2.05, 4.69) is 4.90 Å². The molecule has 9 heteroatoms. The fourth-order valence-corrected chi connectivity index (χ4v) is 6.08. The Balaban J connectivity index is 1.46. The highest BCUT2D eigenvalue weighted by molar-refractivity contribution is 7.89. The van der Waals surface area contributed by atoms with Crippen LogP contribution in [0.1, 0.15) is 44.8 Å². The third-order valence-corrected chi connectivity index (χ3v) is 8.59. The standard InChI is InChI=1S/C21H29F2N3O3S/c1-13(2)30(27,28)26-7-3-4-14-10-25(11-20(14)26)16-9-19(24)21(29-12-16)17-8-15(22)5-6-18(17)23/h5-6,8,13,16,19,21H,3-4,7,9-12,24H2,1-2H3/t16-,19+,21-/m1/s1. The Morgan fingerprint density at radius 3 is 2.70 bits per heavy atom. The molecule has 3 aliphatic rings. The lowest BCUT2D eigenvalue weighted by Gasteiger charge is -2.39. The summed E-state index contributed by atoms with van der Waals surface area (Å²) < 4.78 is 60.8. The normalized spacial score (nSPS) is 28.3. The molecule has 1 aromatic rings. The van der Waals surface area contributed by atoms with Crippen LogP contribution in [0.25, 0.3) is 0 Å². The van der Waals surface area contributed by atoms with E-state index in [-0.39, 0.29) is 11.6 Å². The maximum atomic E-state index is 14.2. The maximum Gasteiger partial charge on any atom is 0.237 e. The fourth-order valence-electron chi connectivity index (χ4n) is 4.69. The average Bonchev–Trinajstić information content (AvgIpc) is 3.14. The largest absolute Gasteiger partial charge is 0.370 e. The Kier molecular flexibility index (Phi) is 5.91. The first-order valence-corrected chi connectivity index (χ1v) is 12.0. The van der Waals surface area contributed by atoms with Crippen LogP contribution in [0.3, 0.4) is 0 Å². The summed E-state index contributed by atoms with van der Waals surface area (Å²) in [5, 5.41) is -0.466. The number of benzene rings is 1.